The fraction of sp³-hybridized carbons (Fsp3) is 0.536. The third-order valence-corrected chi connectivity index (χ3v) is 7.28. The topological polar surface area (TPSA) is 106 Å². The van der Waals surface area contributed by atoms with Crippen LogP contribution in [0.2, 0.25) is 0 Å². The van der Waals surface area contributed by atoms with Crippen molar-refractivity contribution >= 4 is 11.6 Å². The van der Waals surface area contributed by atoms with Crippen LogP contribution in [0.4, 0.5) is 11.6 Å². The van der Waals surface area contributed by atoms with Crippen LogP contribution in [0.25, 0.3) is 0 Å². The number of anilines is 2. The van der Waals surface area contributed by atoms with Gasteiger partial charge < -0.3 is 25.1 Å². The summed E-state index contributed by atoms with van der Waals surface area (Å²) in [5.41, 5.74) is 4.08. The van der Waals surface area contributed by atoms with Crippen molar-refractivity contribution in [2.75, 3.05) is 76.3 Å². The molecule has 0 bridgehead atoms. The molecule has 9 heteroatoms. The van der Waals surface area contributed by atoms with Crippen LogP contribution in [-0.2, 0) is 19.5 Å². The molecule has 0 spiro atoms. The van der Waals surface area contributed by atoms with Crippen LogP contribution in [0.3, 0.4) is 0 Å². The zero-order valence-electron chi connectivity index (χ0n) is 22.0. The van der Waals surface area contributed by atoms with Gasteiger partial charge in [-0.2, -0.15) is 10.5 Å². The Morgan fingerprint density at radius 2 is 1.86 bits per heavy atom. The summed E-state index contributed by atoms with van der Waals surface area (Å²) in [5, 5.41) is 33.3. The van der Waals surface area contributed by atoms with Gasteiger partial charge >= 0.3 is 0 Å². The number of nitriles is 2. The standard InChI is InChI=1S/C28H38N8O/c1-31-11-13-36(20-23(37)8-10-29)27-24-9-12-34(19-22-6-4-3-5-7-22)21-26(24)25(18-30)28(32-27)35-16-14-33(2)15-17-35/h3-7,23,31,37H,8-9,11-17,19-21H2,1-2H3. The molecule has 1 aromatic carbocycles. The average molecular weight is 503 g/mol. The van der Waals surface area contributed by atoms with Crippen LogP contribution < -0.4 is 15.1 Å². The van der Waals surface area contributed by atoms with Crippen molar-refractivity contribution in [2.45, 2.75) is 32.0 Å². The van der Waals surface area contributed by atoms with Crippen molar-refractivity contribution in [3.63, 3.8) is 0 Å². The quantitative estimate of drug-likeness (QED) is 0.501. The third-order valence-electron chi connectivity index (χ3n) is 7.28. The van der Waals surface area contributed by atoms with Gasteiger partial charge in [0.1, 0.15) is 17.7 Å². The van der Waals surface area contributed by atoms with Crippen LogP contribution >= 0.6 is 0 Å². The van der Waals surface area contributed by atoms with Crippen LogP contribution in [0.5, 0.6) is 0 Å². The molecular weight excluding hydrogens is 464 g/mol. The Bertz CT molecular complexity index is 1120. The van der Waals surface area contributed by atoms with Crippen molar-refractivity contribution in [1.29, 1.82) is 10.5 Å². The number of likely N-dealkylation sites (N-methyl/N-ethyl adjacent to an activating group) is 2. The molecular formula is C28H38N8O. The second kappa shape index (κ2) is 12.8. The van der Waals surface area contributed by atoms with Crippen molar-refractivity contribution in [1.82, 2.24) is 20.1 Å². The first-order chi connectivity index (χ1) is 18.0. The lowest BCUT2D eigenvalue weighted by Gasteiger charge is -2.38. The van der Waals surface area contributed by atoms with E-state index < -0.39 is 6.10 Å². The highest BCUT2D eigenvalue weighted by atomic mass is 16.3. The summed E-state index contributed by atoms with van der Waals surface area (Å²) in [6.45, 7) is 7.57. The monoisotopic (exact) mass is 502 g/mol. The molecule has 3 heterocycles. The van der Waals surface area contributed by atoms with E-state index >= 15 is 0 Å². The second-order valence-electron chi connectivity index (χ2n) is 10.0. The number of rotatable bonds is 10. The molecule has 9 nitrogen and oxygen atoms in total. The lowest BCUT2D eigenvalue weighted by molar-refractivity contribution is 0.184. The number of benzene rings is 1. The zero-order valence-corrected chi connectivity index (χ0v) is 22.0. The first-order valence-corrected chi connectivity index (χ1v) is 13.1. The molecule has 1 saturated heterocycles. The fourth-order valence-electron chi connectivity index (χ4n) is 5.21. The molecule has 0 saturated carbocycles. The number of pyridine rings is 1. The number of aromatic nitrogens is 1. The Labute approximate surface area is 220 Å². The van der Waals surface area contributed by atoms with E-state index in [0.29, 0.717) is 25.2 Å². The Morgan fingerprint density at radius 1 is 1.11 bits per heavy atom. The van der Waals surface area contributed by atoms with E-state index in [2.05, 4.69) is 68.4 Å². The summed E-state index contributed by atoms with van der Waals surface area (Å²) in [4.78, 5) is 14.2. The number of hydrogen-bond acceptors (Lipinski definition) is 9. The minimum Gasteiger partial charge on any atom is -0.390 e. The number of aliphatic hydroxyl groups excluding tert-OH is 1. The molecule has 2 N–H and O–H groups in total. The Hall–Kier alpha value is -3.21. The van der Waals surface area contributed by atoms with Gasteiger partial charge in [0.2, 0.25) is 0 Å². The predicted octanol–water partition coefficient (Wildman–Crippen LogP) is 1.56. The number of piperazine rings is 1. The highest BCUT2D eigenvalue weighted by Gasteiger charge is 2.31. The maximum Gasteiger partial charge on any atom is 0.149 e. The number of aliphatic hydroxyl groups is 1. The molecule has 1 unspecified atom stereocenters. The van der Waals surface area contributed by atoms with Crippen LogP contribution in [0.1, 0.15) is 28.7 Å². The molecule has 2 aliphatic heterocycles. The first kappa shape index (κ1) is 26.8. The summed E-state index contributed by atoms with van der Waals surface area (Å²) in [5.74, 6) is 1.59. The molecule has 2 aromatic rings. The largest absolute Gasteiger partial charge is 0.390 e. The summed E-state index contributed by atoms with van der Waals surface area (Å²) >= 11 is 0. The van der Waals surface area contributed by atoms with Crippen molar-refractivity contribution < 1.29 is 5.11 Å². The summed E-state index contributed by atoms with van der Waals surface area (Å²) in [6.07, 6.45) is 0.0947. The van der Waals surface area contributed by atoms with Gasteiger partial charge in [-0.15, -0.1) is 0 Å². The maximum atomic E-state index is 10.5. The minimum atomic E-state index is -0.764. The molecule has 1 atom stereocenters. The van der Waals surface area contributed by atoms with Gasteiger partial charge in [-0.3, -0.25) is 4.90 Å². The molecule has 37 heavy (non-hydrogen) atoms. The fourth-order valence-corrected chi connectivity index (χ4v) is 5.21. The van der Waals surface area contributed by atoms with E-state index in [-0.39, 0.29) is 6.42 Å². The van der Waals surface area contributed by atoms with E-state index in [1.54, 1.807) is 0 Å². The molecule has 4 rings (SSSR count). The lowest BCUT2D eigenvalue weighted by atomic mass is 9.94. The van der Waals surface area contributed by atoms with Crippen molar-refractivity contribution in [2.24, 2.45) is 0 Å². The van der Waals surface area contributed by atoms with Crippen LogP contribution in [0.15, 0.2) is 30.3 Å². The minimum absolute atomic E-state index is 0.0741. The second-order valence-corrected chi connectivity index (χ2v) is 10.0. The molecule has 1 fully saturated rings. The van der Waals surface area contributed by atoms with E-state index in [4.69, 9.17) is 10.2 Å². The van der Waals surface area contributed by atoms with E-state index in [1.165, 1.54) is 5.56 Å². The lowest BCUT2D eigenvalue weighted by Crippen LogP contribution is -2.46. The highest BCUT2D eigenvalue weighted by molar-refractivity contribution is 5.68. The van der Waals surface area contributed by atoms with E-state index in [1.807, 2.05) is 13.1 Å². The molecule has 0 aliphatic carbocycles. The van der Waals surface area contributed by atoms with Gasteiger partial charge in [-0.25, -0.2) is 4.98 Å². The van der Waals surface area contributed by atoms with Gasteiger partial charge in [0.25, 0.3) is 0 Å². The summed E-state index contributed by atoms with van der Waals surface area (Å²) < 4.78 is 0. The molecule has 0 amide bonds. The van der Waals surface area contributed by atoms with Crippen molar-refractivity contribution in [3.05, 3.63) is 52.6 Å². The number of nitrogens with one attached hydrogen (secondary N) is 1. The number of hydrogen-bond donors (Lipinski definition) is 2. The average Bonchev–Trinajstić information content (AvgIpc) is 2.91. The van der Waals surface area contributed by atoms with E-state index in [0.717, 1.165) is 75.0 Å². The Kier molecular flexibility index (Phi) is 9.32. The smallest absolute Gasteiger partial charge is 0.149 e. The molecule has 1 aromatic heterocycles. The molecule has 196 valence electrons. The molecule has 2 aliphatic rings. The predicted molar refractivity (Wildman–Crippen MR) is 145 cm³/mol. The summed E-state index contributed by atoms with van der Waals surface area (Å²) in [7, 11) is 4.02. The summed E-state index contributed by atoms with van der Waals surface area (Å²) in [6, 6.07) is 15.0. The Morgan fingerprint density at radius 3 is 2.54 bits per heavy atom. The van der Waals surface area contributed by atoms with Crippen LogP contribution in [-0.4, -0.2) is 92.4 Å². The molecule has 0 radical (unpaired) electrons. The van der Waals surface area contributed by atoms with Gasteiger partial charge in [-0.05, 0) is 31.6 Å². The van der Waals surface area contributed by atoms with Crippen molar-refractivity contribution in [3.8, 4) is 12.1 Å². The van der Waals surface area contributed by atoms with Gasteiger partial charge in [0.05, 0.1) is 24.2 Å². The highest BCUT2D eigenvalue weighted by Crippen LogP contribution is 2.36. The van der Waals surface area contributed by atoms with Gasteiger partial charge in [0.15, 0.2) is 0 Å². The van der Waals surface area contributed by atoms with E-state index in [9.17, 15) is 10.4 Å². The van der Waals surface area contributed by atoms with Gasteiger partial charge in [0, 0.05) is 71.0 Å². The maximum absolute atomic E-state index is 10.5. The Balaban J connectivity index is 1.75. The number of fused-ring (bicyclic) bond motifs is 1. The third kappa shape index (κ3) is 6.57. The van der Waals surface area contributed by atoms with Crippen LogP contribution in [0, 0.1) is 22.7 Å². The SMILES string of the molecule is CNCCN(CC(O)CC#N)c1nc(N2CCN(C)CC2)c(C#N)c2c1CCN(Cc1ccccc1)C2. The normalized spacial score (nSPS) is 17.1. The van der Waals surface area contributed by atoms with Gasteiger partial charge in [-0.1, -0.05) is 30.3 Å². The first-order valence-electron chi connectivity index (χ1n) is 13.1. The zero-order chi connectivity index (χ0) is 26.2. The number of nitrogens with zero attached hydrogens (tertiary/aromatic N) is 7.